The highest BCUT2D eigenvalue weighted by molar-refractivity contribution is 8.00. The number of nitrogens with zero attached hydrogens (tertiary/aromatic N) is 4. The lowest BCUT2D eigenvalue weighted by atomic mass is 9.97. The summed E-state index contributed by atoms with van der Waals surface area (Å²) in [5.74, 6) is -4.64. The number of carbonyl (C=O) groups excluding carboxylic acids is 3. The maximum atomic E-state index is 15.8. The number of quaternary nitrogens is 1. The van der Waals surface area contributed by atoms with E-state index in [1.165, 1.54) is 16.7 Å². The summed E-state index contributed by atoms with van der Waals surface area (Å²) < 4.78 is 44.7. The van der Waals surface area contributed by atoms with E-state index in [1.807, 2.05) is 7.05 Å². The quantitative estimate of drug-likeness (QED) is 0.222. The molecule has 0 bridgehead atoms. The number of piperazine rings is 1. The van der Waals surface area contributed by atoms with Crippen LogP contribution >= 0.6 is 11.8 Å². The molecule has 220 valence electrons. The topological polar surface area (TPSA) is 133 Å². The second kappa shape index (κ2) is 10.9. The zero-order valence-corrected chi connectivity index (χ0v) is 22.9. The summed E-state index contributed by atoms with van der Waals surface area (Å²) in [5, 5.41) is 23.2. The van der Waals surface area contributed by atoms with Crippen molar-refractivity contribution in [1.29, 1.82) is 0 Å². The number of alkyl halides is 1. The van der Waals surface area contributed by atoms with Crippen LogP contribution in [0.15, 0.2) is 29.1 Å². The number of benzene rings is 1. The molecule has 5 rings (SSSR count). The maximum absolute atomic E-state index is 15.8. The molecular weight excluding hydrogens is 567 g/mol. The number of anilines is 2. The van der Waals surface area contributed by atoms with Crippen LogP contribution in [0.3, 0.4) is 0 Å². The molecule has 41 heavy (non-hydrogen) atoms. The summed E-state index contributed by atoms with van der Waals surface area (Å²) in [4.78, 5) is 50.8. The molecule has 11 nitrogen and oxygen atoms in total. The number of rotatable bonds is 9. The fourth-order valence-corrected chi connectivity index (χ4v) is 7.31. The highest BCUT2D eigenvalue weighted by Crippen LogP contribution is 2.42. The molecule has 2 amide bonds. The van der Waals surface area contributed by atoms with Gasteiger partial charge < -0.3 is 34.6 Å². The first kappa shape index (κ1) is 28.8. The Kier molecular flexibility index (Phi) is 7.68. The molecule has 2 fully saturated rings. The van der Waals surface area contributed by atoms with Gasteiger partial charge in [-0.25, -0.2) is 18.0 Å². The number of thioether (sulfide) groups is 1. The summed E-state index contributed by atoms with van der Waals surface area (Å²) in [6.45, 7) is 0.385. The van der Waals surface area contributed by atoms with Crippen molar-refractivity contribution in [3.63, 3.8) is 0 Å². The van der Waals surface area contributed by atoms with E-state index < -0.39 is 47.6 Å². The van der Waals surface area contributed by atoms with Crippen LogP contribution in [0.5, 0.6) is 0 Å². The average molecular weight is 596 g/mol. The minimum Gasteiger partial charge on any atom is -0.545 e. The maximum Gasteiger partial charge on any atom is 0.352 e. The Morgan fingerprint density at radius 2 is 1.98 bits per heavy atom. The fraction of sp³-hybridized carbons (Fsp3) is 0.462. The van der Waals surface area contributed by atoms with E-state index in [0.717, 1.165) is 17.2 Å². The van der Waals surface area contributed by atoms with Gasteiger partial charge in [-0.15, -0.1) is 11.8 Å². The van der Waals surface area contributed by atoms with Gasteiger partial charge in [0.05, 0.1) is 51.4 Å². The van der Waals surface area contributed by atoms with Gasteiger partial charge in [-0.3, -0.25) is 14.5 Å². The van der Waals surface area contributed by atoms with Gasteiger partial charge in [-0.1, -0.05) is 0 Å². The van der Waals surface area contributed by atoms with Crippen LogP contribution in [0.4, 0.5) is 24.5 Å². The molecule has 0 aliphatic carbocycles. The Bertz CT molecular complexity index is 1380. The Morgan fingerprint density at radius 3 is 2.59 bits per heavy atom. The largest absolute Gasteiger partial charge is 0.545 e. The SMILES string of the molecule is C[N+]1(CC2=C(C(=O)O)N3C(=O)[C@@H](NC=O)[C@H]3SC2)CCN(c2c(F)cc3c(c2F)N(CCF)C=C(C(=O)[O-])C3)CC1. The van der Waals surface area contributed by atoms with E-state index in [9.17, 15) is 33.8 Å². The van der Waals surface area contributed by atoms with E-state index in [4.69, 9.17) is 0 Å². The summed E-state index contributed by atoms with van der Waals surface area (Å²) in [7, 11) is 1.91. The molecule has 0 saturated carbocycles. The zero-order valence-electron chi connectivity index (χ0n) is 22.1. The normalized spacial score (nSPS) is 23.4. The van der Waals surface area contributed by atoms with Crippen molar-refractivity contribution in [1.82, 2.24) is 10.2 Å². The fourth-order valence-electron chi connectivity index (χ4n) is 5.97. The highest BCUT2D eigenvalue weighted by Gasteiger charge is 2.54. The monoisotopic (exact) mass is 595 g/mol. The summed E-state index contributed by atoms with van der Waals surface area (Å²) in [5.41, 5.74) is -0.00140. The van der Waals surface area contributed by atoms with Gasteiger partial charge >= 0.3 is 5.97 Å². The number of amides is 2. The summed E-state index contributed by atoms with van der Waals surface area (Å²) in [6.07, 6.45) is 1.28. The molecular formula is C26H28F3N5O6S. The highest BCUT2D eigenvalue weighted by atomic mass is 32.2. The van der Waals surface area contributed by atoms with Crippen molar-refractivity contribution in [3.05, 3.63) is 46.3 Å². The van der Waals surface area contributed by atoms with E-state index in [0.29, 0.717) is 41.9 Å². The van der Waals surface area contributed by atoms with Gasteiger partial charge in [0, 0.05) is 23.9 Å². The van der Waals surface area contributed by atoms with Gasteiger partial charge in [-0.05, 0) is 17.2 Å². The number of fused-ring (bicyclic) bond motifs is 2. The van der Waals surface area contributed by atoms with E-state index >= 15 is 8.78 Å². The Balaban J connectivity index is 1.35. The van der Waals surface area contributed by atoms with Crippen LogP contribution in [0, 0.1) is 11.6 Å². The standard InChI is InChI=1S/C26H28F3N5O6S/c1-34(11-16-12-41-24-19(30-13-35)23(36)33(24)21(16)26(39)40)6-4-31(5-7-34)22-17(28)9-14-8-15(25(37)38)10-32(3-2-27)20(14)18(22)29/h9-10,13,19,24H,2-8,11-12H2,1H3,(H2-,30,35,37,38,39,40)/t19-,24-/m1/s1. The molecule has 4 aliphatic heterocycles. The number of carboxylic acid groups (broad SMARTS) is 2. The Hall–Kier alpha value is -3.72. The van der Waals surface area contributed by atoms with E-state index in [2.05, 4.69) is 5.32 Å². The summed E-state index contributed by atoms with van der Waals surface area (Å²) in [6, 6.07) is 0.306. The molecule has 4 aliphatic rings. The van der Waals surface area contributed by atoms with Gasteiger partial charge in [0.15, 0.2) is 5.82 Å². The number of carboxylic acids is 2. The molecule has 0 radical (unpaired) electrons. The third-order valence-corrected chi connectivity index (χ3v) is 9.36. The number of halogens is 3. The molecule has 0 unspecified atom stereocenters. The molecule has 1 aromatic carbocycles. The molecule has 2 N–H and O–H groups in total. The lowest BCUT2D eigenvalue weighted by Crippen LogP contribution is -2.70. The predicted molar refractivity (Wildman–Crippen MR) is 140 cm³/mol. The molecule has 2 atom stereocenters. The van der Waals surface area contributed by atoms with Crippen LogP contribution in [0.25, 0.3) is 0 Å². The van der Waals surface area contributed by atoms with Crippen molar-refractivity contribution in [2.24, 2.45) is 0 Å². The van der Waals surface area contributed by atoms with Crippen molar-refractivity contribution in [2.75, 3.05) is 68.5 Å². The number of hydrogen-bond acceptors (Lipinski definition) is 8. The third-order valence-electron chi connectivity index (χ3n) is 8.02. The second-order valence-electron chi connectivity index (χ2n) is 10.7. The number of aliphatic carboxylic acids is 2. The number of hydrogen-bond donors (Lipinski definition) is 2. The molecule has 0 aromatic heterocycles. The van der Waals surface area contributed by atoms with Crippen LogP contribution in [-0.2, 0) is 25.6 Å². The molecule has 15 heteroatoms. The third kappa shape index (κ3) is 5.01. The number of carbonyl (C=O) groups is 4. The van der Waals surface area contributed by atoms with Crippen molar-refractivity contribution >= 4 is 47.4 Å². The van der Waals surface area contributed by atoms with Crippen LogP contribution < -0.4 is 20.2 Å². The molecule has 4 heterocycles. The first-order valence-electron chi connectivity index (χ1n) is 12.9. The van der Waals surface area contributed by atoms with E-state index in [-0.39, 0.29) is 54.3 Å². The van der Waals surface area contributed by atoms with E-state index in [1.54, 1.807) is 4.90 Å². The number of β-lactam (4-membered cyclic amide) rings is 1. The molecule has 1 aromatic rings. The van der Waals surface area contributed by atoms with Gasteiger partial charge in [0.2, 0.25) is 6.41 Å². The minimum atomic E-state index is -1.50. The number of nitrogens with one attached hydrogen (secondary N) is 1. The van der Waals surface area contributed by atoms with Crippen LogP contribution in [0.2, 0.25) is 0 Å². The van der Waals surface area contributed by atoms with Crippen molar-refractivity contribution in [3.8, 4) is 0 Å². The minimum absolute atomic E-state index is 0.0708. The smallest absolute Gasteiger partial charge is 0.352 e. The Morgan fingerprint density at radius 1 is 1.27 bits per heavy atom. The van der Waals surface area contributed by atoms with Gasteiger partial charge in [0.25, 0.3) is 5.91 Å². The summed E-state index contributed by atoms with van der Waals surface area (Å²) >= 11 is 1.37. The zero-order chi connectivity index (χ0) is 29.6. The van der Waals surface area contributed by atoms with Crippen molar-refractivity contribution < 1.29 is 47.0 Å². The predicted octanol–water partition coefficient (Wildman–Crippen LogP) is -0.434. The van der Waals surface area contributed by atoms with Crippen molar-refractivity contribution in [2.45, 2.75) is 17.8 Å². The second-order valence-corrected chi connectivity index (χ2v) is 11.8. The van der Waals surface area contributed by atoms with Crippen LogP contribution in [0.1, 0.15) is 5.56 Å². The Labute approximate surface area is 237 Å². The van der Waals surface area contributed by atoms with Gasteiger partial charge in [-0.2, -0.15) is 0 Å². The lowest BCUT2D eigenvalue weighted by molar-refractivity contribution is -0.905. The molecule has 2 saturated heterocycles. The van der Waals surface area contributed by atoms with Crippen LogP contribution in [-0.4, -0.2) is 109 Å². The van der Waals surface area contributed by atoms with Gasteiger partial charge in [0.1, 0.15) is 41.8 Å². The molecule has 0 spiro atoms. The first-order chi connectivity index (χ1) is 19.5. The first-order valence-corrected chi connectivity index (χ1v) is 14.0. The number of likely N-dealkylation sites (N-methyl/N-ethyl adjacent to an activating group) is 1. The average Bonchev–Trinajstić information content (AvgIpc) is 2.92. The lowest BCUT2D eigenvalue weighted by Gasteiger charge is -2.50.